The number of aromatic nitrogens is 1. The molecule has 78 valence electrons. The molecule has 1 aromatic heterocycles. The molecule has 0 spiro atoms. The number of benzene rings is 1. The zero-order valence-corrected chi connectivity index (χ0v) is 11.4. The predicted octanol–water partition coefficient (Wildman–Crippen LogP) is 4.96. The summed E-state index contributed by atoms with van der Waals surface area (Å²) in [7, 11) is 0. The van der Waals surface area contributed by atoms with Crippen LogP contribution in [0.5, 0.6) is 0 Å². The van der Waals surface area contributed by atoms with E-state index in [-0.39, 0.29) is 0 Å². The molecule has 2 rings (SSSR count). The summed E-state index contributed by atoms with van der Waals surface area (Å²) in [6.07, 6.45) is 0. The maximum absolute atomic E-state index is 6.01. The van der Waals surface area contributed by atoms with Crippen LogP contribution in [0.1, 0.15) is 5.69 Å². The number of rotatable bonds is 2. The van der Waals surface area contributed by atoms with Crippen molar-refractivity contribution in [2.24, 2.45) is 0 Å². The lowest BCUT2D eigenvalue weighted by molar-refractivity contribution is 1.23. The van der Waals surface area contributed by atoms with Crippen molar-refractivity contribution in [1.82, 2.24) is 4.98 Å². The largest absolute Gasteiger partial charge is 0.240 e. The van der Waals surface area contributed by atoms with Gasteiger partial charge >= 0.3 is 0 Å². The molecule has 0 amide bonds. The van der Waals surface area contributed by atoms with Gasteiger partial charge in [-0.2, -0.15) is 0 Å². The molecule has 0 atom stereocenters. The van der Waals surface area contributed by atoms with E-state index < -0.39 is 0 Å². The maximum atomic E-state index is 6.01. The summed E-state index contributed by atoms with van der Waals surface area (Å²) in [5, 5.41) is 3.59. The standard InChI is InChI=1S/C10H6BrCl2NS/c11-8-2-1-6(3-9(8)13)10-14-7(4-12)5-15-10/h1-3,5H,4H2. The van der Waals surface area contributed by atoms with Crippen molar-refractivity contribution < 1.29 is 0 Å². The van der Waals surface area contributed by atoms with E-state index in [0.717, 1.165) is 20.7 Å². The Labute approximate surface area is 110 Å². The van der Waals surface area contributed by atoms with E-state index in [2.05, 4.69) is 20.9 Å². The van der Waals surface area contributed by atoms with Crippen LogP contribution in [0.15, 0.2) is 28.1 Å². The summed E-state index contributed by atoms with van der Waals surface area (Å²) < 4.78 is 0.891. The zero-order valence-electron chi connectivity index (χ0n) is 7.51. The first-order valence-electron chi connectivity index (χ1n) is 4.16. The monoisotopic (exact) mass is 321 g/mol. The van der Waals surface area contributed by atoms with E-state index in [9.17, 15) is 0 Å². The third-order valence-corrected chi connectivity index (χ3v) is 4.30. The van der Waals surface area contributed by atoms with E-state index in [1.54, 1.807) is 11.3 Å². The van der Waals surface area contributed by atoms with Gasteiger partial charge in [0.25, 0.3) is 0 Å². The van der Waals surface area contributed by atoms with E-state index in [1.165, 1.54) is 0 Å². The molecule has 0 aliphatic rings. The molecule has 0 aliphatic carbocycles. The number of hydrogen-bond acceptors (Lipinski definition) is 2. The van der Waals surface area contributed by atoms with Gasteiger partial charge in [-0.25, -0.2) is 4.98 Å². The molecule has 0 bridgehead atoms. The molecular formula is C10H6BrCl2NS. The highest BCUT2D eigenvalue weighted by Crippen LogP contribution is 2.30. The van der Waals surface area contributed by atoms with Gasteiger partial charge in [0, 0.05) is 15.4 Å². The van der Waals surface area contributed by atoms with Crippen molar-refractivity contribution >= 4 is 50.5 Å². The van der Waals surface area contributed by atoms with Crippen LogP contribution in [-0.4, -0.2) is 4.98 Å². The smallest absolute Gasteiger partial charge is 0.123 e. The molecule has 0 saturated carbocycles. The third-order valence-electron chi connectivity index (χ3n) is 1.86. The SMILES string of the molecule is ClCc1csc(-c2ccc(Br)c(Cl)c2)n1. The van der Waals surface area contributed by atoms with Crippen LogP contribution in [0.2, 0.25) is 5.02 Å². The van der Waals surface area contributed by atoms with Gasteiger partial charge in [0.15, 0.2) is 0 Å². The first kappa shape index (κ1) is 11.4. The van der Waals surface area contributed by atoms with E-state index in [0.29, 0.717) is 10.9 Å². The van der Waals surface area contributed by atoms with Crippen molar-refractivity contribution in [3.63, 3.8) is 0 Å². The van der Waals surface area contributed by atoms with E-state index >= 15 is 0 Å². The lowest BCUT2D eigenvalue weighted by atomic mass is 10.2. The summed E-state index contributed by atoms with van der Waals surface area (Å²) >= 11 is 16.6. The lowest BCUT2D eigenvalue weighted by Crippen LogP contribution is -1.80. The van der Waals surface area contributed by atoms with Gasteiger partial charge in [-0.3, -0.25) is 0 Å². The number of nitrogens with zero attached hydrogens (tertiary/aromatic N) is 1. The van der Waals surface area contributed by atoms with Gasteiger partial charge < -0.3 is 0 Å². The van der Waals surface area contributed by atoms with Crippen LogP contribution in [0.25, 0.3) is 10.6 Å². The molecule has 5 heteroatoms. The third kappa shape index (κ3) is 2.53. The Bertz CT molecular complexity index is 484. The predicted molar refractivity (Wildman–Crippen MR) is 69.8 cm³/mol. The van der Waals surface area contributed by atoms with Gasteiger partial charge in [-0.05, 0) is 28.1 Å². The number of thiazole rings is 1. The molecule has 0 N–H and O–H groups in total. The lowest BCUT2D eigenvalue weighted by Gasteiger charge is -1.99. The average molecular weight is 323 g/mol. The van der Waals surface area contributed by atoms with Gasteiger partial charge in [-0.1, -0.05) is 17.7 Å². The van der Waals surface area contributed by atoms with Crippen molar-refractivity contribution in [3.05, 3.63) is 38.8 Å². The Morgan fingerprint density at radius 1 is 1.40 bits per heavy atom. The Balaban J connectivity index is 2.40. The second kappa shape index (κ2) is 4.83. The Hall–Kier alpha value is -0.0900. The molecule has 0 radical (unpaired) electrons. The van der Waals surface area contributed by atoms with Gasteiger partial charge in [0.05, 0.1) is 16.6 Å². The molecule has 1 aromatic carbocycles. The van der Waals surface area contributed by atoms with Crippen molar-refractivity contribution in [1.29, 1.82) is 0 Å². The van der Waals surface area contributed by atoms with Crippen LogP contribution in [0.3, 0.4) is 0 Å². The van der Waals surface area contributed by atoms with Gasteiger partial charge in [-0.15, -0.1) is 22.9 Å². The van der Waals surface area contributed by atoms with Crippen molar-refractivity contribution in [2.45, 2.75) is 5.88 Å². The fraction of sp³-hybridized carbons (Fsp3) is 0.100. The number of hydrogen-bond donors (Lipinski definition) is 0. The van der Waals surface area contributed by atoms with Crippen LogP contribution >= 0.6 is 50.5 Å². The molecule has 1 nitrogen and oxygen atoms in total. The highest BCUT2D eigenvalue weighted by Gasteiger charge is 2.06. The minimum atomic E-state index is 0.445. The molecule has 1 heterocycles. The number of alkyl halides is 1. The molecule has 0 saturated heterocycles. The summed E-state index contributed by atoms with van der Waals surface area (Å²) in [5.41, 5.74) is 1.92. The summed E-state index contributed by atoms with van der Waals surface area (Å²) in [5.74, 6) is 0.445. The fourth-order valence-corrected chi connectivity index (χ4v) is 2.60. The quantitative estimate of drug-likeness (QED) is 0.712. The Kier molecular flexibility index (Phi) is 3.67. The minimum Gasteiger partial charge on any atom is -0.240 e. The van der Waals surface area contributed by atoms with Crippen LogP contribution in [0, 0.1) is 0 Å². The van der Waals surface area contributed by atoms with Gasteiger partial charge in [0.1, 0.15) is 5.01 Å². The molecule has 0 fully saturated rings. The van der Waals surface area contributed by atoms with E-state index in [4.69, 9.17) is 23.2 Å². The van der Waals surface area contributed by atoms with E-state index in [1.807, 2.05) is 23.6 Å². The van der Waals surface area contributed by atoms with Crippen LogP contribution < -0.4 is 0 Å². The minimum absolute atomic E-state index is 0.445. The molecule has 0 aliphatic heterocycles. The maximum Gasteiger partial charge on any atom is 0.123 e. The second-order valence-corrected chi connectivity index (χ2v) is 5.29. The first-order chi connectivity index (χ1) is 7.20. The topological polar surface area (TPSA) is 12.9 Å². The molecule has 2 aromatic rings. The Morgan fingerprint density at radius 3 is 2.80 bits per heavy atom. The highest BCUT2D eigenvalue weighted by atomic mass is 79.9. The average Bonchev–Trinajstić information content (AvgIpc) is 2.70. The summed E-state index contributed by atoms with van der Waals surface area (Å²) in [6, 6.07) is 5.79. The fourth-order valence-electron chi connectivity index (χ4n) is 1.13. The molecule has 0 unspecified atom stereocenters. The summed E-state index contributed by atoms with van der Waals surface area (Å²) in [4.78, 5) is 4.38. The molecule has 15 heavy (non-hydrogen) atoms. The normalized spacial score (nSPS) is 10.6. The number of halogens is 3. The van der Waals surface area contributed by atoms with Crippen LogP contribution in [-0.2, 0) is 5.88 Å². The van der Waals surface area contributed by atoms with Crippen molar-refractivity contribution in [3.8, 4) is 10.6 Å². The second-order valence-electron chi connectivity index (χ2n) is 2.91. The highest BCUT2D eigenvalue weighted by molar-refractivity contribution is 9.10. The van der Waals surface area contributed by atoms with Crippen molar-refractivity contribution in [2.75, 3.05) is 0 Å². The van der Waals surface area contributed by atoms with Gasteiger partial charge in [0.2, 0.25) is 0 Å². The van der Waals surface area contributed by atoms with Crippen LogP contribution in [0.4, 0.5) is 0 Å². The summed E-state index contributed by atoms with van der Waals surface area (Å²) in [6.45, 7) is 0. The first-order valence-corrected chi connectivity index (χ1v) is 6.75. The zero-order chi connectivity index (χ0) is 10.8. The Morgan fingerprint density at radius 2 is 2.20 bits per heavy atom. The molecular weight excluding hydrogens is 317 g/mol.